The number of rotatable bonds is 7. The quantitative estimate of drug-likeness (QED) is 0.555. The fraction of sp³-hybridized carbons (Fsp3) is 0.348. The van der Waals surface area contributed by atoms with E-state index in [-0.39, 0.29) is 30.5 Å². The SMILES string of the molecule is CCCOc1ccc(-c2noc(C3CC(=O)N(c4cc(C)ccc4F)C3)n2)cc1OC. The number of aryl methyl sites for hydroxylation is 1. The molecule has 2 heterocycles. The Balaban J connectivity index is 1.54. The Hall–Kier alpha value is -3.42. The van der Waals surface area contributed by atoms with Gasteiger partial charge in [0.2, 0.25) is 17.6 Å². The van der Waals surface area contributed by atoms with Crippen LogP contribution in [0.15, 0.2) is 40.9 Å². The summed E-state index contributed by atoms with van der Waals surface area (Å²) in [6.07, 6.45) is 1.07. The first kappa shape index (κ1) is 20.8. The van der Waals surface area contributed by atoms with Crippen molar-refractivity contribution in [3.8, 4) is 22.9 Å². The third kappa shape index (κ3) is 4.23. The minimum absolute atomic E-state index is 0.173. The molecule has 31 heavy (non-hydrogen) atoms. The minimum Gasteiger partial charge on any atom is -0.493 e. The van der Waals surface area contributed by atoms with Gasteiger partial charge in [0.25, 0.3) is 0 Å². The number of carbonyl (C=O) groups excluding carboxylic acids is 1. The summed E-state index contributed by atoms with van der Waals surface area (Å²) in [6.45, 7) is 4.77. The van der Waals surface area contributed by atoms with Crippen LogP contribution in [0.5, 0.6) is 11.5 Å². The highest BCUT2D eigenvalue weighted by Crippen LogP contribution is 2.35. The predicted octanol–water partition coefficient (Wildman–Crippen LogP) is 4.50. The predicted molar refractivity (Wildman–Crippen MR) is 113 cm³/mol. The van der Waals surface area contributed by atoms with Gasteiger partial charge in [-0.3, -0.25) is 4.79 Å². The smallest absolute Gasteiger partial charge is 0.232 e. The summed E-state index contributed by atoms with van der Waals surface area (Å²) in [7, 11) is 1.57. The van der Waals surface area contributed by atoms with Crippen LogP contribution in [0.2, 0.25) is 0 Å². The number of amides is 1. The zero-order chi connectivity index (χ0) is 22.0. The van der Waals surface area contributed by atoms with Crippen molar-refractivity contribution in [3.63, 3.8) is 0 Å². The van der Waals surface area contributed by atoms with Crippen LogP contribution in [0.3, 0.4) is 0 Å². The molecule has 0 saturated carbocycles. The average Bonchev–Trinajstić information content (AvgIpc) is 3.41. The van der Waals surface area contributed by atoms with Gasteiger partial charge in [-0.15, -0.1) is 0 Å². The van der Waals surface area contributed by atoms with Crippen molar-refractivity contribution in [2.45, 2.75) is 32.6 Å². The highest BCUT2D eigenvalue weighted by molar-refractivity contribution is 5.96. The average molecular weight is 425 g/mol. The Morgan fingerprint density at radius 2 is 2.06 bits per heavy atom. The van der Waals surface area contributed by atoms with Gasteiger partial charge in [0.15, 0.2) is 11.5 Å². The summed E-state index contributed by atoms with van der Waals surface area (Å²) >= 11 is 0. The molecule has 0 N–H and O–H groups in total. The first-order valence-corrected chi connectivity index (χ1v) is 10.2. The van der Waals surface area contributed by atoms with E-state index in [4.69, 9.17) is 14.0 Å². The van der Waals surface area contributed by atoms with E-state index in [1.54, 1.807) is 31.4 Å². The largest absolute Gasteiger partial charge is 0.493 e. The van der Waals surface area contributed by atoms with Crippen molar-refractivity contribution in [2.24, 2.45) is 0 Å². The highest BCUT2D eigenvalue weighted by Gasteiger charge is 2.36. The lowest BCUT2D eigenvalue weighted by molar-refractivity contribution is -0.117. The Morgan fingerprint density at radius 1 is 1.23 bits per heavy atom. The van der Waals surface area contributed by atoms with Crippen LogP contribution >= 0.6 is 0 Å². The lowest BCUT2D eigenvalue weighted by Gasteiger charge is -2.17. The standard InChI is InChI=1S/C23H24FN3O4/c1-4-9-30-19-8-6-15(11-20(19)29-3)22-25-23(31-26-22)16-12-21(28)27(13-16)18-10-14(2)5-7-17(18)24/h5-8,10-11,16H,4,9,12-13H2,1-3H3. The van der Waals surface area contributed by atoms with E-state index in [1.165, 1.54) is 11.0 Å². The maximum absolute atomic E-state index is 14.3. The molecule has 4 rings (SSSR count). The first-order valence-electron chi connectivity index (χ1n) is 10.2. The molecule has 1 saturated heterocycles. The monoisotopic (exact) mass is 425 g/mol. The fourth-order valence-corrected chi connectivity index (χ4v) is 3.59. The molecule has 1 fully saturated rings. The highest BCUT2D eigenvalue weighted by atomic mass is 19.1. The summed E-state index contributed by atoms with van der Waals surface area (Å²) in [5, 5.41) is 4.07. The number of hydrogen-bond acceptors (Lipinski definition) is 6. The number of halogens is 1. The van der Waals surface area contributed by atoms with Crippen LogP contribution < -0.4 is 14.4 Å². The number of anilines is 1. The molecule has 1 unspecified atom stereocenters. The van der Waals surface area contributed by atoms with Gasteiger partial charge in [-0.1, -0.05) is 18.1 Å². The first-order chi connectivity index (χ1) is 15.0. The zero-order valence-electron chi connectivity index (χ0n) is 17.7. The summed E-state index contributed by atoms with van der Waals surface area (Å²) < 4.78 is 30.8. The van der Waals surface area contributed by atoms with E-state index in [9.17, 15) is 9.18 Å². The van der Waals surface area contributed by atoms with E-state index in [2.05, 4.69) is 10.1 Å². The number of nitrogens with zero attached hydrogens (tertiary/aromatic N) is 3. The molecule has 3 aromatic rings. The molecule has 8 heteroatoms. The van der Waals surface area contributed by atoms with Crippen molar-refractivity contribution < 1.29 is 23.2 Å². The van der Waals surface area contributed by atoms with Crippen LogP contribution in [-0.4, -0.2) is 36.3 Å². The normalized spacial score (nSPS) is 16.1. The lowest BCUT2D eigenvalue weighted by Crippen LogP contribution is -2.25. The topological polar surface area (TPSA) is 77.7 Å². The van der Waals surface area contributed by atoms with E-state index in [1.807, 2.05) is 19.9 Å². The van der Waals surface area contributed by atoms with Gasteiger partial charge >= 0.3 is 0 Å². The number of benzene rings is 2. The molecule has 0 radical (unpaired) electrons. The van der Waals surface area contributed by atoms with Crippen LogP contribution in [-0.2, 0) is 4.79 Å². The molecule has 1 aliphatic rings. The van der Waals surface area contributed by atoms with Gasteiger partial charge in [-0.2, -0.15) is 4.98 Å². The van der Waals surface area contributed by atoms with Gasteiger partial charge in [0, 0.05) is 18.5 Å². The van der Waals surface area contributed by atoms with Gasteiger partial charge < -0.3 is 18.9 Å². The van der Waals surface area contributed by atoms with Gasteiger partial charge in [0.1, 0.15) is 5.82 Å². The number of hydrogen-bond donors (Lipinski definition) is 0. The molecular formula is C23H24FN3O4. The second-order valence-corrected chi connectivity index (χ2v) is 7.53. The fourth-order valence-electron chi connectivity index (χ4n) is 3.59. The van der Waals surface area contributed by atoms with Crippen LogP contribution in [0.4, 0.5) is 10.1 Å². The Labute approximate surface area is 179 Å². The molecule has 0 spiro atoms. The molecule has 7 nitrogen and oxygen atoms in total. The molecule has 0 aliphatic carbocycles. The maximum atomic E-state index is 14.3. The molecule has 162 valence electrons. The third-order valence-electron chi connectivity index (χ3n) is 5.19. The van der Waals surface area contributed by atoms with Crippen molar-refractivity contribution in [3.05, 3.63) is 53.7 Å². The second kappa shape index (κ2) is 8.75. The van der Waals surface area contributed by atoms with E-state index in [0.717, 1.165) is 12.0 Å². The maximum Gasteiger partial charge on any atom is 0.232 e. The van der Waals surface area contributed by atoms with Crippen molar-refractivity contribution in [2.75, 3.05) is 25.2 Å². The molecule has 1 aromatic heterocycles. The van der Waals surface area contributed by atoms with Crippen LogP contribution in [0.25, 0.3) is 11.4 Å². The van der Waals surface area contributed by atoms with Crippen LogP contribution in [0.1, 0.15) is 37.1 Å². The van der Waals surface area contributed by atoms with Gasteiger partial charge in [-0.05, 0) is 49.2 Å². The van der Waals surface area contributed by atoms with Crippen molar-refractivity contribution >= 4 is 11.6 Å². The summed E-state index contributed by atoms with van der Waals surface area (Å²) in [4.78, 5) is 18.5. The number of aromatic nitrogens is 2. The Kier molecular flexibility index (Phi) is 5.88. The van der Waals surface area contributed by atoms with Crippen molar-refractivity contribution in [1.29, 1.82) is 0 Å². The van der Waals surface area contributed by atoms with E-state index in [0.29, 0.717) is 35.4 Å². The summed E-state index contributed by atoms with van der Waals surface area (Å²) in [5.74, 6) is 1.06. The molecule has 1 amide bonds. The van der Waals surface area contributed by atoms with Gasteiger partial charge in [0.05, 0.1) is 25.3 Å². The third-order valence-corrected chi connectivity index (χ3v) is 5.19. The molecule has 2 aromatic carbocycles. The van der Waals surface area contributed by atoms with Gasteiger partial charge in [-0.25, -0.2) is 4.39 Å². The minimum atomic E-state index is -0.428. The molecular weight excluding hydrogens is 401 g/mol. The molecule has 0 bridgehead atoms. The zero-order valence-corrected chi connectivity index (χ0v) is 17.7. The summed E-state index contributed by atoms with van der Waals surface area (Å²) in [5.41, 5.74) is 1.87. The van der Waals surface area contributed by atoms with Crippen LogP contribution in [0, 0.1) is 12.7 Å². The number of carbonyl (C=O) groups is 1. The number of methoxy groups -OCH3 is 1. The second-order valence-electron chi connectivity index (χ2n) is 7.53. The van der Waals surface area contributed by atoms with Crippen molar-refractivity contribution in [1.82, 2.24) is 10.1 Å². The Morgan fingerprint density at radius 3 is 2.84 bits per heavy atom. The summed E-state index contributed by atoms with van der Waals surface area (Å²) in [6, 6.07) is 10.1. The number of ether oxygens (including phenoxy) is 2. The molecule has 1 atom stereocenters. The lowest BCUT2D eigenvalue weighted by atomic mass is 10.1. The van der Waals surface area contributed by atoms with E-state index < -0.39 is 5.82 Å². The Bertz CT molecular complexity index is 1100. The molecule has 1 aliphatic heterocycles. The van der Waals surface area contributed by atoms with E-state index >= 15 is 0 Å².